The number of carbonyl (C=O) groups is 2. The number of amides is 1. The summed E-state index contributed by atoms with van der Waals surface area (Å²) >= 11 is 0. The highest BCUT2D eigenvalue weighted by molar-refractivity contribution is 6.03. The molecule has 0 saturated carbocycles. The van der Waals surface area contributed by atoms with Gasteiger partial charge in [-0.25, -0.2) is 4.79 Å². The molecule has 1 N–H and O–H groups in total. The van der Waals surface area contributed by atoms with Gasteiger partial charge in [0.2, 0.25) is 0 Å². The molecular formula is C19H19NO4. The van der Waals surface area contributed by atoms with Crippen LogP contribution in [0.3, 0.4) is 0 Å². The second-order valence-corrected chi connectivity index (χ2v) is 6.29. The molecule has 2 aromatic carbocycles. The molecule has 124 valence electrons. The lowest BCUT2D eigenvalue weighted by atomic mass is 10.0. The Balaban J connectivity index is 1.95. The Kier molecular flexibility index (Phi) is 4.01. The van der Waals surface area contributed by atoms with Crippen LogP contribution in [0.15, 0.2) is 48.5 Å². The predicted molar refractivity (Wildman–Crippen MR) is 90.6 cm³/mol. The van der Waals surface area contributed by atoms with Gasteiger partial charge in [0.05, 0.1) is 11.3 Å². The summed E-state index contributed by atoms with van der Waals surface area (Å²) in [6.07, 6.45) is 0.680. The average molecular weight is 325 g/mol. The molecule has 0 saturated heterocycles. The second-order valence-electron chi connectivity index (χ2n) is 6.29. The van der Waals surface area contributed by atoms with Crippen LogP contribution in [0.5, 0.6) is 5.75 Å². The molecule has 1 heterocycles. The van der Waals surface area contributed by atoms with Gasteiger partial charge in [0.15, 0.2) is 5.60 Å². The fourth-order valence-electron chi connectivity index (χ4n) is 2.81. The molecule has 0 aliphatic carbocycles. The molecule has 1 aliphatic rings. The average Bonchev–Trinajstić information content (AvgIpc) is 2.55. The van der Waals surface area contributed by atoms with E-state index in [2.05, 4.69) is 0 Å². The zero-order valence-electron chi connectivity index (χ0n) is 13.7. The zero-order valence-corrected chi connectivity index (χ0v) is 13.7. The van der Waals surface area contributed by atoms with Crippen LogP contribution in [0.25, 0.3) is 0 Å². The Morgan fingerprint density at radius 2 is 1.88 bits per heavy atom. The van der Waals surface area contributed by atoms with Crippen molar-refractivity contribution in [3.8, 4) is 5.75 Å². The van der Waals surface area contributed by atoms with Crippen LogP contribution < -0.4 is 9.64 Å². The van der Waals surface area contributed by atoms with Gasteiger partial charge in [-0.3, -0.25) is 4.79 Å². The number of hydrogen-bond donors (Lipinski definition) is 1. The standard InChI is InChI=1S/C19H19NO4/c1-19(2)18(23)20(11-10-13-6-4-3-5-7-13)15-12-14(17(21)22)8-9-16(15)24-19/h3-9,12H,10-11H2,1-2H3,(H,21,22). The van der Waals surface area contributed by atoms with Crippen LogP contribution in [0.4, 0.5) is 5.69 Å². The van der Waals surface area contributed by atoms with Crippen molar-refractivity contribution in [1.29, 1.82) is 0 Å². The number of ether oxygens (including phenoxy) is 1. The van der Waals surface area contributed by atoms with Crippen molar-refractivity contribution in [1.82, 2.24) is 0 Å². The monoisotopic (exact) mass is 325 g/mol. The maximum Gasteiger partial charge on any atom is 0.335 e. The third kappa shape index (κ3) is 2.97. The topological polar surface area (TPSA) is 66.8 Å². The van der Waals surface area contributed by atoms with Crippen molar-refractivity contribution in [2.24, 2.45) is 0 Å². The Bertz CT molecular complexity index is 783. The molecule has 0 fully saturated rings. The predicted octanol–water partition coefficient (Wildman–Crippen LogP) is 3.13. The van der Waals surface area contributed by atoms with E-state index < -0.39 is 11.6 Å². The minimum atomic E-state index is -1.03. The highest BCUT2D eigenvalue weighted by Gasteiger charge is 2.40. The smallest absolute Gasteiger partial charge is 0.335 e. The minimum Gasteiger partial charge on any atom is -0.478 e. The first-order valence-electron chi connectivity index (χ1n) is 7.81. The van der Waals surface area contributed by atoms with Crippen molar-refractivity contribution in [3.63, 3.8) is 0 Å². The lowest BCUT2D eigenvalue weighted by Crippen LogP contribution is -2.53. The van der Waals surface area contributed by atoms with Crippen molar-refractivity contribution in [2.45, 2.75) is 25.9 Å². The number of benzene rings is 2. The molecule has 24 heavy (non-hydrogen) atoms. The highest BCUT2D eigenvalue weighted by Crippen LogP contribution is 2.38. The van der Waals surface area contributed by atoms with Gasteiger partial charge in [-0.05, 0) is 44.0 Å². The SMILES string of the molecule is CC1(C)Oc2ccc(C(=O)O)cc2N(CCc2ccccc2)C1=O. The van der Waals surface area contributed by atoms with E-state index >= 15 is 0 Å². The Labute approximate surface area is 140 Å². The van der Waals surface area contributed by atoms with E-state index in [-0.39, 0.29) is 11.5 Å². The normalized spacial score (nSPS) is 15.6. The van der Waals surface area contributed by atoms with Gasteiger partial charge in [-0.15, -0.1) is 0 Å². The zero-order chi connectivity index (χ0) is 17.3. The molecule has 3 rings (SSSR count). The number of fused-ring (bicyclic) bond motifs is 1. The lowest BCUT2D eigenvalue weighted by Gasteiger charge is -2.39. The maximum atomic E-state index is 12.8. The summed E-state index contributed by atoms with van der Waals surface area (Å²) in [6, 6.07) is 14.5. The first-order chi connectivity index (χ1) is 11.4. The van der Waals surface area contributed by atoms with E-state index in [0.29, 0.717) is 24.4 Å². The first-order valence-corrected chi connectivity index (χ1v) is 7.81. The van der Waals surface area contributed by atoms with Gasteiger partial charge in [0.1, 0.15) is 5.75 Å². The Hall–Kier alpha value is -2.82. The van der Waals surface area contributed by atoms with Crippen LogP contribution in [0, 0.1) is 0 Å². The summed E-state index contributed by atoms with van der Waals surface area (Å²) in [5.41, 5.74) is 0.782. The third-order valence-corrected chi connectivity index (χ3v) is 4.09. The summed E-state index contributed by atoms with van der Waals surface area (Å²) in [6.45, 7) is 3.91. The molecule has 0 bridgehead atoms. The van der Waals surface area contributed by atoms with Crippen LogP contribution in [0.1, 0.15) is 29.8 Å². The van der Waals surface area contributed by atoms with Crippen LogP contribution in [-0.2, 0) is 11.2 Å². The molecule has 0 spiro atoms. The molecule has 0 atom stereocenters. The largest absolute Gasteiger partial charge is 0.478 e. The quantitative estimate of drug-likeness (QED) is 0.938. The van der Waals surface area contributed by atoms with E-state index in [1.54, 1.807) is 24.8 Å². The van der Waals surface area contributed by atoms with Gasteiger partial charge < -0.3 is 14.7 Å². The number of carboxylic acid groups (broad SMARTS) is 1. The van der Waals surface area contributed by atoms with Gasteiger partial charge in [0.25, 0.3) is 5.91 Å². The molecule has 1 aliphatic heterocycles. The molecule has 5 nitrogen and oxygen atoms in total. The third-order valence-electron chi connectivity index (χ3n) is 4.09. The van der Waals surface area contributed by atoms with Crippen molar-refractivity contribution < 1.29 is 19.4 Å². The fourth-order valence-corrected chi connectivity index (χ4v) is 2.81. The molecular weight excluding hydrogens is 306 g/mol. The van der Waals surface area contributed by atoms with E-state index in [4.69, 9.17) is 4.74 Å². The number of carbonyl (C=O) groups excluding carboxylic acids is 1. The first kappa shape index (κ1) is 16.1. The van der Waals surface area contributed by atoms with Crippen LogP contribution in [0.2, 0.25) is 0 Å². The fraction of sp³-hybridized carbons (Fsp3) is 0.263. The Morgan fingerprint density at radius 1 is 1.17 bits per heavy atom. The highest BCUT2D eigenvalue weighted by atomic mass is 16.5. The minimum absolute atomic E-state index is 0.134. The molecule has 0 unspecified atom stereocenters. The summed E-state index contributed by atoms with van der Waals surface area (Å²) in [5, 5.41) is 9.20. The number of rotatable bonds is 4. The number of carboxylic acids is 1. The van der Waals surface area contributed by atoms with Gasteiger partial charge >= 0.3 is 5.97 Å². The molecule has 1 amide bonds. The lowest BCUT2D eigenvalue weighted by molar-refractivity contribution is -0.132. The number of nitrogens with zero attached hydrogens (tertiary/aromatic N) is 1. The summed E-state index contributed by atoms with van der Waals surface area (Å²) in [5.74, 6) is -0.677. The molecule has 0 aromatic heterocycles. The van der Waals surface area contributed by atoms with E-state index in [1.807, 2.05) is 30.3 Å². The van der Waals surface area contributed by atoms with E-state index in [1.165, 1.54) is 12.1 Å². The molecule has 2 aromatic rings. The summed E-state index contributed by atoms with van der Waals surface area (Å²) in [4.78, 5) is 25.6. The molecule has 5 heteroatoms. The van der Waals surface area contributed by atoms with E-state index in [0.717, 1.165) is 5.56 Å². The number of aromatic carboxylic acids is 1. The van der Waals surface area contributed by atoms with Crippen molar-refractivity contribution in [2.75, 3.05) is 11.4 Å². The molecule has 0 radical (unpaired) electrons. The maximum absolute atomic E-state index is 12.8. The van der Waals surface area contributed by atoms with Gasteiger partial charge in [-0.2, -0.15) is 0 Å². The summed E-state index contributed by atoms with van der Waals surface area (Å²) < 4.78 is 5.76. The van der Waals surface area contributed by atoms with Crippen LogP contribution >= 0.6 is 0 Å². The Morgan fingerprint density at radius 3 is 2.54 bits per heavy atom. The van der Waals surface area contributed by atoms with Crippen molar-refractivity contribution >= 4 is 17.6 Å². The van der Waals surface area contributed by atoms with Crippen molar-refractivity contribution in [3.05, 3.63) is 59.7 Å². The van der Waals surface area contributed by atoms with Gasteiger partial charge in [0, 0.05) is 6.54 Å². The van der Waals surface area contributed by atoms with E-state index in [9.17, 15) is 14.7 Å². The van der Waals surface area contributed by atoms with Gasteiger partial charge in [-0.1, -0.05) is 30.3 Å². The number of hydrogen-bond acceptors (Lipinski definition) is 3. The summed E-state index contributed by atoms with van der Waals surface area (Å²) in [7, 11) is 0. The number of anilines is 1. The second kappa shape index (κ2) is 6.00. The van der Waals surface area contributed by atoms with Crippen LogP contribution in [-0.4, -0.2) is 29.1 Å².